The van der Waals surface area contributed by atoms with Crippen LogP contribution in [0.5, 0.6) is 11.5 Å². The minimum absolute atomic E-state index is 0.0152. The second-order valence-corrected chi connectivity index (χ2v) is 7.01. The summed E-state index contributed by atoms with van der Waals surface area (Å²) in [6, 6.07) is 11.5. The topological polar surface area (TPSA) is 106 Å². The highest BCUT2D eigenvalue weighted by molar-refractivity contribution is 6.05. The van der Waals surface area contributed by atoms with Crippen LogP contribution < -0.4 is 15.7 Å². The molecule has 0 radical (unpaired) electrons. The number of amides is 1. The van der Waals surface area contributed by atoms with E-state index in [0.29, 0.717) is 28.7 Å². The van der Waals surface area contributed by atoms with Gasteiger partial charge in [-0.3, -0.25) is 9.59 Å². The molecule has 0 unspecified atom stereocenters. The molecule has 8 nitrogen and oxygen atoms in total. The second kappa shape index (κ2) is 9.21. The van der Waals surface area contributed by atoms with Crippen molar-refractivity contribution in [2.24, 2.45) is 5.10 Å². The van der Waals surface area contributed by atoms with Crippen molar-refractivity contribution in [3.8, 4) is 11.5 Å². The van der Waals surface area contributed by atoms with Crippen LogP contribution in [0.2, 0.25) is 0 Å². The molecule has 0 saturated carbocycles. The predicted octanol–water partition coefficient (Wildman–Crippen LogP) is 3.24. The lowest BCUT2D eigenvalue weighted by Crippen LogP contribution is -2.30. The average molecular weight is 408 g/mol. The lowest BCUT2D eigenvalue weighted by molar-refractivity contribution is 0.0949. The lowest BCUT2D eigenvalue weighted by atomic mass is 10.1. The fraction of sp³-hybridized carbons (Fsp3) is 0.273. The van der Waals surface area contributed by atoms with Crippen LogP contribution in [0.1, 0.15) is 49.3 Å². The van der Waals surface area contributed by atoms with E-state index in [1.54, 1.807) is 36.4 Å². The normalized spacial score (nSPS) is 11.3. The molecule has 2 N–H and O–H groups in total. The molecule has 156 valence electrons. The van der Waals surface area contributed by atoms with E-state index < -0.39 is 5.91 Å². The van der Waals surface area contributed by atoms with E-state index in [-0.39, 0.29) is 23.0 Å². The van der Waals surface area contributed by atoms with E-state index in [1.165, 1.54) is 17.0 Å². The molecule has 0 aliphatic rings. The number of hydrogen-bond acceptors (Lipinski definition) is 6. The number of nitrogens with one attached hydrogen (secondary N) is 1. The molecular weight excluding hydrogens is 384 g/mol. The summed E-state index contributed by atoms with van der Waals surface area (Å²) in [6.45, 7) is 6.19. The van der Waals surface area contributed by atoms with Crippen LogP contribution in [-0.2, 0) is 0 Å². The molecule has 0 spiro atoms. The van der Waals surface area contributed by atoms with Crippen molar-refractivity contribution in [3.63, 3.8) is 0 Å². The van der Waals surface area contributed by atoms with E-state index in [1.807, 2.05) is 20.8 Å². The Kier molecular flexibility index (Phi) is 6.46. The van der Waals surface area contributed by atoms with Crippen molar-refractivity contribution >= 4 is 22.9 Å². The summed E-state index contributed by atoms with van der Waals surface area (Å²) < 4.78 is 6.74. The summed E-state index contributed by atoms with van der Waals surface area (Å²) in [5.74, 6) is -0.0140. The molecule has 1 heterocycles. The van der Waals surface area contributed by atoms with E-state index in [4.69, 9.17) is 4.74 Å². The number of nitrogens with zero attached hydrogens (tertiary/aromatic N) is 3. The third-order valence-electron chi connectivity index (χ3n) is 4.38. The number of fused-ring (bicyclic) bond motifs is 1. The molecule has 0 aliphatic heterocycles. The Bertz CT molecular complexity index is 1150. The first-order chi connectivity index (χ1) is 14.4. The summed E-state index contributed by atoms with van der Waals surface area (Å²) in [7, 11) is 0. The van der Waals surface area contributed by atoms with Crippen molar-refractivity contribution in [1.82, 2.24) is 15.2 Å². The number of hydrazone groups is 1. The van der Waals surface area contributed by atoms with Crippen LogP contribution in [-0.4, -0.2) is 33.6 Å². The molecule has 0 atom stereocenters. The van der Waals surface area contributed by atoms with Gasteiger partial charge >= 0.3 is 0 Å². The van der Waals surface area contributed by atoms with Gasteiger partial charge in [0.2, 0.25) is 0 Å². The zero-order chi connectivity index (χ0) is 21.7. The maximum atomic E-state index is 12.7. The van der Waals surface area contributed by atoms with Gasteiger partial charge in [-0.15, -0.1) is 0 Å². The first-order valence-corrected chi connectivity index (χ1v) is 9.73. The van der Waals surface area contributed by atoms with Crippen molar-refractivity contribution in [2.45, 2.75) is 33.2 Å². The number of hydrogen-bond donors (Lipinski definition) is 2. The van der Waals surface area contributed by atoms with Gasteiger partial charge in [0.1, 0.15) is 11.5 Å². The maximum Gasteiger partial charge on any atom is 0.292 e. The first kappa shape index (κ1) is 21.0. The summed E-state index contributed by atoms with van der Waals surface area (Å²) in [5, 5.41) is 19.1. The number of ether oxygens (including phenoxy) is 1. The molecule has 30 heavy (non-hydrogen) atoms. The maximum absolute atomic E-state index is 12.7. The van der Waals surface area contributed by atoms with Gasteiger partial charge in [0.15, 0.2) is 5.69 Å². The van der Waals surface area contributed by atoms with E-state index >= 15 is 0 Å². The van der Waals surface area contributed by atoms with Crippen molar-refractivity contribution < 1.29 is 14.6 Å². The number of phenols is 1. The molecule has 8 heteroatoms. The molecule has 0 fully saturated rings. The SMILES string of the molecule is CCCOc1ccc(/C=N/NC(=O)c2nn(C(C)C)c(=O)c3ccccc23)c(O)c1. The number of phenolic OH excluding ortho intramolecular Hbond substituents is 1. The Morgan fingerprint density at radius 1 is 1.27 bits per heavy atom. The summed E-state index contributed by atoms with van der Waals surface area (Å²) in [4.78, 5) is 25.3. The molecule has 0 aliphatic carbocycles. The van der Waals surface area contributed by atoms with Gasteiger partial charge in [-0.25, -0.2) is 10.1 Å². The summed E-state index contributed by atoms with van der Waals surface area (Å²) >= 11 is 0. The molecule has 1 amide bonds. The minimum atomic E-state index is -0.556. The molecular formula is C22H24N4O4. The van der Waals surface area contributed by atoms with Crippen LogP contribution in [0.3, 0.4) is 0 Å². The second-order valence-electron chi connectivity index (χ2n) is 7.01. The van der Waals surface area contributed by atoms with Gasteiger partial charge in [-0.2, -0.15) is 10.2 Å². The van der Waals surface area contributed by atoms with Crippen LogP contribution in [0.15, 0.2) is 52.4 Å². The summed E-state index contributed by atoms with van der Waals surface area (Å²) in [5.41, 5.74) is 2.68. The fourth-order valence-corrected chi connectivity index (χ4v) is 2.88. The highest BCUT2D eigenvalue weighted by atomic mass is 16.5. The van der Waals surface area contributed by atoms with Crippen molar-refractivity contribution in [3.05, 3.63) is 64.1 Å². The van der Waals surface area contributed by atoms with Gasteiger partial charge in [0.05, 0.1) is 24.2 Å². The van der Waals surface area contributed by atoms with Gasteiger partial charge in [-0.05, 0) is 38.5 Å². The minimum Gasteiger partial charge on any atom is -0.507 e. The molecule has 3 rings (SSSR count). The fourth-order valence-electron chi connectivity index (χ4n) is 2.88. The smallest absolute Gasteiger partial charge is 0.292 e. The third-order valence-corrected chi connectivity index (χ3v) is 4.38. The Morgan fingerprint density at radius 2 is 2.00 bits per heavy atom. The largest absolute Gasteiger partial charge is 0.507 e. The van der Waals surface area contributed by atoms with Crippen LogP contribution in [0, 0.1) is 0 Å². The highest BCUT2D eigenvalue weighted by Crippen LogP contribution is 2.22. The number of carbonyl (C=O) groups excluding carboxylic acids is 1. The quantitative estimate of drug-likeness (QED) is 0.461. The van der Waals surface area contributed by atoms with E-state index in [0.717, 1.165) is 6.42 Å². The van der Waals surface area contributed by atoms with Crippen molar-refractivity contribution in [2.75, 3.05) is 6.61 Å². The number of carbonyl (C=O) groups is 1. The number of benzene rings is 2. The standard InChI is InChI=1S/C22H24N4O4/c1-4-11-30-16-10-9-15(19(27)12-16)13-23-24-21(28)20-17-7-5-6-8-18(17)22(29)26(25-20)14(2)3/h5-10,12-14,27H,4,11H2,1-3H3,(H,24,28)/b23-13+. The van der Waals surface area contributed by atoms with Crippen LogP contribution in [0.4, 0.5) is 0 Å². The Balaban J connectivity index is 1.84. The molecule has 1 aromatic heterocycles. The number of aromatic nitrogens is 2. The highest BCUT2D eigenvalue weighted by Gasteiger charge is 2.17. The van der Waals surface area contributed by atoms with Gasteiger partial charge < -0.3 is 9.84 Å². The van der Waals surface area contributed by atoms with Gasteiger partial charge in [-0.1, -0.05) is 25.1 Å². The van der Waals surface area contributed by atoms with Crippen molar-refractivity contribution in [1.29, 1.82) is 0 Å². The number of rotatable bonds is 7. The monoisotopic (exact) mass is 408 g/mol. The van der Waals surface area contributed by atoms with E-state index in [2.05, 4.69) is 15.6 Å². The molecule has 0 bridgehead atoms. The lowest BCUT2D eigenvalue weighted by Gasteiger charge is -2.12. The average Bonchev–Trinajstić information content (AvgIpc) is 2.73. The third kappa shape index (κ3) is 4.48. The van der Waals surface area contributed by atoms with Gasteiger partial charge in [0.25, 0.3) is 11.5 Å². The van der Waals surface area contributed by atoms with Crippen LogP contribution >= 0.6 is 0 Å². The molecule has 0 saturated heterocycles. The van der Waals surface area contributed by atoms with Gasteiger partial charge in [0, 0.05) is 17.0 Å². The predicted molar refractivity (Wildman–Crippen MR) is 115 cm³/mol. The van der Waals surface area contributed by atoms with E-state index in [9.17, 15) is 14.7 Å². The zero-order valence-electron chi connectivity index (χ0n) is 17.1. The first-order valence-electron chi connectivity index (χ1n) is 9.73. The Hall–Kier alpha value is -3.68. The van der Waals surface area contributed by atoms with Crippen LogP contribution in [0.25, 0.3) is 10.8 Å². The molecule has 2 aromatic carbocycles. The number of aromatic hydroxyl groups is 1. The zero-order valence-corrected chi connectivity index (χ0v) is 17.1. The molecule has 3 aromatic rings. The summed E-state index contributed by atoms with van der Waals surface area (Å²) in [6.07, 6.45) is 2.19. The Labute approximate surface area is 173 Å². The Morgan fingerprint density at radius 3 is 2.67 bits per heavy atom.